The average Bonchev–Trinajstić information content (AvgIpc) is 2.70. The summed E-state index contributed by atoms with van der Waals surface area (Å²) in [6.07, 6.45) is 5.76. The lowest BCUT2D eigenvalue weighted by Crippen LogP contribution is -2.52. The number of fused-ring (bicyclic) bond motifs is 1. The van der Waals surface area contributed by atoms with Crippen LogP contribution in [0.2, 0.25) is 0 Å². The lowest BCUT2D eigenvalue weighted by atomic mass is 9.68. The van der Waals surface area contributed by atoms with Gasteiger partial charge in [-0.1, -0.05) is 17.2 Å². The molecule has 0 spiro atoms. The number of hydrogen-bond donors (Lipinski definition) is 1. The van der Waals surface area contributed by atoms with Crippen LogP contribution < -0.4 is 9.97 Å². The summed E-state index contributed by atoms with van der Waals surface area (Å²) in [5.74, 6) is 0.190. The van der Waals surface area contributed by atoms with E-state index in [1.54, 1.807) is 32.9 Å². The number of para-hydroxylation sites is 1. The number of hydrogen-bond acceptors (Lipinski definition) is 8. The normalized spacial score (nSPS) is 15.1. The Morgan fingerprint density at radius 2 is 2.07 bits per heavy atom. The summed E-state index contributed by atoms with van der Waals surface area (Å²) in [5.41, 5.74) is -0.0763. The summed E-state index contributed by atoms with van der Waals surface area (Å²) in [6.45, 7) is 4.47. The van der Waals surface area contributed by atoms with E-state index in [9.17, 15) is 19.3 Å². The molecule has 9 nitrogen and oxygen atoms in total. The Morgan fingerprint density at radius 1 is 1.33 bits per heavy atom. The van der Waals surface area contributed by atoms with E-state index in [0.29, 0.717) is 5.56 Å². The number of rotatable bonds is 7. The number of nitrogens with one attached hydrogen (secondary N) is 1. The van der Waals surface area contributed by atoms with Gasteiger partial charge in [0.2, 0.25) is 12.7 Å². The van der Waals surface area contributed by atoms with Crippen molar-refractivity contribution in [2.45, 2.75) is 46.0 Å². The van der Waals surface area contributed by atoms with Gasteiger partial charge in [0.25, 0.3) is 0 Å². The first-order valence-corrected chi connectivity index (χ1v) is 9.35. The largest absolute Gasteiger partial charge is 0.570 e. The van der Waals surface area contributed by atoms with Gasteiger partial charge in [-0.3, -0.25) is 9.59 Å². The molecular formula is C20H23BN2O7. The van der Waals surface area contributed by atoms with Crippen LogP contribution in [0.25, 0.3) is 0 Å². The summed E-state index contributed by atoms with van der Waals surface area (Å²) in [7, 11) is -1.22. The maximum Gasteiger partial charge on any atom is 0.570 e. The molecule has 0 aliphatic carbocycles. The van der Waals surface area contributed by atoms with Crippen molar-refractivity contribution in [3.05, 3.63) is 34.2 Å². The molecule has 30 heavy (non-hydrogen) atoms. The zero-order valence-corrected chi connectivity index (χ0v) is 17.1. The van der Waals surface area contributed by atoms with E-state index in [-0.39, 0.29) is 36.5 Å². The first-order valence-electron chi connectivity index (χ1n) is 9.35. The van der Waals surface area contributed by atoms with Crippen LogP contribution in [0.4, 0.5) is 0 Å². The third-order valence-corrected chi connectivity index (χ3v) is 4.28. The number of nitrogens with zero attached hydrogens (tertiary/aromatic N) is 1. The Hall–Kier alpha value is -3.35. The number of amides is 1. The van der Waals surface area contributed by atoms with Gasteiger partial charge in [-0.15, -0.1) is 12.3 Å². The zero-order chi connectivity index (χ0) is 22.3. The van der Waals surface area contributed by atoms with Crippen LogP contribution in [0.3, 0.4) is 0 Å². The Balaban J connectivity index is 2.09. The Labute approximate surface area is 174 Å². The fraction of sp³-hybridized carbons (Fsp3) is 0.450. The zero-order valence-electron chi connectivity index (χ0n) is 17.1. The first kappa shape index (κ1) is 22.9. The van der Waals surface area contributed by atoms with Gasteiger partial charge in [0, 0.05) is 12.8 Å². The maximum atomic E-state index is 12.4. The van der Waals surface area contributed by atoms with Crippen molar-refractivity contribution < 1.29 is 28.5 Å². The van der Waals surface area contributed by atoms with Gasteiger partial charge in [0.05, 0.1) is 11.4 Å². The van der Waals surface area contributed by atoms with E-state index in [1.165, 1.54) is 6.07 Å². The van der Waals surface area contributed by atoms with Crippen molar-refractivity contribution in [3.63, 3.8) is 0 Å². The molecule has 1 amide bonds. The molecule has 1 aromatic rings. The predicted molar refractivity (Wildman–Crippen MR) is 108 cm³/mol. The van der Waals surface area contributed by atoms with Crippen LogP contribution in [0.1, 0.15) is 49.5 Å². The topological polar surface area (TPSA) is 120 Å². The predicted octanol–water partition coefficient (Wildman–Crippen LogP) is 2.02. The van der Waals surface area contributed by atoms with Gasteiger partial charge in [0.1, 0.15) is 11.3 Å². The number of nitroso groups, excluding NO2 is 1. The number of carbonyl (C=O) groups excluding carboxylic acids is 3. The van der Waals surface area contributed by atoms with Crippen molar-refractivity contribution in [2.75, 3.05) is 6.79 Å². The molecule has 0 aromatic heterocycles. The molecule has 1 aromatic carbocycles. The molecule has 1 atom stereocenters. The lowest BCUT2D eigenvalue weighted by Gasteiger charge is -2.28. The van der Waals surface area contributed by atoms with Crippen LogP contribution in [-0.2, 0) is 25.5 Å². The van der Waals surface area contributed by atoms with E-state index >= 15 is 0 Å². The van der Waals surface area contributed by atoms with E-state index in [1.807, 2.05) is 0 Å². The van der Waals surface area contributed by atoms with E-state index < -0.39 is 37.1 Å². The number of esters is 2. The maximum absolute atomic E-state index is 12.4. The highest BCUT2D eigenvalue weighted by Crippen LogP contribution is 2.31. The highest BCUT2D eigenvalue weighted by atomic mass is 16.7. The van der Waals surface area contributed by atoms with Crippen molar-refractivity contribution in [1.29, 1.82) is 0 Å². The number of ether oxygens (including phenoxy) is 2. The quantitative estimate of drug-likeness (QED) is 0.238. The molecule has 0 saturated carbocycles. The average molecular weight is 414 g/mol. The van der Waals surface area contributed by atoms with Crippen molar-refractivity contribution in [1.82, 2.24) is 5.32 Å². The fourth-order valence-corrected chi connectivity index (χ4v) is 2.70. The molecule has 1 aliphatic heterocycles. The summed E-state index contributed by atoms with van der Waals surface area (Å²) < 4.78 is 15.5. The molecule has 1 aliphatic rings. The van der Waals surface area contributed by atoms with E-state index in [4.69, 9.17) is 20.6 Å². The molecule has 0 unspecified atom stereocenters. The van der Waals surface area contributed by atoms with Crippen LogP contribution in [0.5, 0.6) is 5.75 Å². The molecule has 0 saturated heterocycles. The van der Waals surface area contributed by atoms with Crippen LogP contribution in [0, 0.1) is 22.7 Å². The molecule has 10 heteroatoms. The van der Waals surface area contributed by atoms with Gasteiger partial charge < -0.3 is 19.4 Å². The monoisotopic (exact) mass is 414 g/mol. The highest BCUT2D eigenvalue weighted by molar-refractivity contribution is 6.53. The van der Waals surface area contributed by atoms with Crippen LogP contribution >= 0.6 is 0 Å². The number of carbonyl (C=O) groups is 3. The molecule has 1 N–H and O–H groups in total. The smallest absolute Gasteiger partial charge is 0.536 e. The van der Waals surface area contributed by atoms with Crippen molar-refractivity contribution in [3.8, 4) is 18.1 Å². The number of benzene rings is 1. The SMILES string of the molecule is C#CCCC(=O)N[C@H]1Cc2cccc(C(=O)OCOC(=O)C(C)(C)C)c2OB1N=O. The molecule has 1 heterocycles. The Kier molecular flexibility index (Phi) is 7.58. The molecule has 2 rings (SSSR count). The summed E-state index contributed by atoms with van der Waals surface area (Å²) in [6, 6.07) is 4.78. The summed E-state index contributed by atoms with van der Waals surface area (Å²) >= 11 is 0. The fourth-order valence-electron chi connectivity index (χ4n) is 2.70. The van der Waals surface area contributed by atoms with Crippen LogP contribution in [0.15, 0.2) is 23.3 Å². The third-order valence-electron chi connectivity index (χ3n) is 4.28. The molecule has 0 radical (unpaired) electrons. The highest BCUT2D eigenvalue weighted by Gasteiger charge is 2.40. The van der Waals surface area contributed by atoms with Gasteiger partial charge in [-0.25, -0.2) is 4.79 Å². The second-order valence-corrected chi connectivity index (χ2v) is 7.72. The second kappa shape index (κ2) is 9.92. The Bertz CT molecular complexity index is 873. The number of terminal acetylenes is 1. The van der Waals surface area contributed by atoms with Crippen molar-refractivity contribution >= 4 is 24.9 Å². The molecule has 0 bridgehead atoms. The minimum atomic E-state index is -1.22. The molecule has 158 valence electrons. The van der Waals surface area contributed by atoms with Gasteiger partial charge >= 0.3 is 19.0 Å². The molecule has 0 fully saturated rings. The van der Waals surface area contributed by atoms with E-state index in [0.717, 1.165) is 0 Å². The van der Waals surface area contributed by atoms with E-state index in [2.05, 4.69) is 16.3 Å². The Morgan fingerprint density at radius 3 is 2.70 bits per heavy atom. The first-order chi connectivity index (χ1) is 14.2. The van der Waals surface area contributed by atoms with Gasteiger partial charge in [-0.05, 0) is 38.8 Å². The van der Waals surface area contributed by atoms with Crippen LogP contribution in [-0.4, -0.2) is 37.6 Å². The lowest BCUT2D eigenvalue weighted by molar-refractivity contribution is -0.161. The summed E-state index contributed by atoms with van der Waals surface area (Å²) in [4.78, 5) is 47.4. The van der Waals surface area contributed by atoms with Gasteiger partial charge in [-0.2, -0.15) is 4.91 Å². The van der Waals surface area contributed by atoms with Gasteiger partial charge in [0.15, 0.2) is 0 Å². The van der Waals surface area contributed by atoms with Crippen molar-refractivity contribution in [2.24, 2.45) is 10.5 Å². The minimum Gasteiger partial charge on any atom is -0.536 e. The third kappa shape index (κ3) is 5.83. The molecular weight excluding hydrogens is 391 g/mol. The standard InChI is InChI=1S/C20H23BN2O7/c1-5-6-10-16(24)22-15-11-13-8-7-9-14(17(13)30-21(15)23-27)18(25)28-12-29-19(26)20(2,3)4/h1,7-9,15H,6,10-12H2,2-4H3,(H,22,24)/t15-/m0/s1. The minimum absolute atomic E-state index is 0.0602. The summed E-state index contributed by atoms with van der Waals surface area (Å²) in [5, 5.41) is 5.60. The second-order valence-electron chi connectivity index (χ2n) is 7.72.